The maximum Gasteiger partial charge on any atom is 0.227 e. The summed E-state index contributed by atoms with van der Waals surface area (Å²) in [6.45, 7) is 8.31. The molecule has 0 spiro atoms. The van der Waals surface area contributed by atoms with Gasteiger partial charge in [-0.1, -0.05) is 0 Å². The number of aromatic nitrogens is 2. The molecule has 6 heteroatoms. The summed E-state index contributed by atoms with van der Waals surface area (Å²) >= 11 is 1.71. The molecule has 1 N–H and O–H groups in total. The van der Waals surface area contributed by atoms with Gasteiger partial charge in [0.1, 0.15) is 12.4 Å². The summed E-state index contributed by atoms with van der Waals surface area (Å²) < 4.78 is 5.87. The number of aryl methyl sites for hydroxylation is 2. The Bertz CT molecular complexity index is 917. The first-order valence-corrected chi connectivity index (χ1v) is 10.7. The van der Waals surface area contributed by atoms with E-state index in [1.54, 1.807) is 11.3 Å². The highest BCUT2D eigenvalue weighted by Gasteiger charge is 2.12. The average molecular weight is 395 g/mol. The molecular weight excluding hydrogens is 368 g/mol. The molecule has 5 nitrogen and oxygen atoms in total. The second-order valence-electron chi connectivity index (χ2n) is 7.20. The van der Waals surface area contributed by atoms with Crippen LogP contribution in [-0.2, 0) is 0 Å². The summed E-state index contributed by atoms with van der Waals surface area (Å²) in [4.78, 5) is 12.8. The number of nitrogens with one attached hydrogen (secondary N) is 1. The number of rotatable bonds is 7. The zero-order valence-corrected chi connectivity index (χ0v) is 17.3. The number of anilines is 2. The van der Waals surface area contributed by atoms with Crippen LogP contribution < -0.4 is 10.1 Å². The van der Waals surface area contributed by atoms with Gasteiger partial charge >= 0.3 is 0 Å². The van der Waals surface area contributed by atoms with Gasteiger partial charge in [0.2, 0.25) is 5.95 Å². The van der Waals surface area contributed by atoms with E-state index in [9.17, 15) is 0 Å². The minimum absolute atomic E-state index is 0.608. The first-order chi connectivity index (χ1) is 13.7. The molecule has 1 aromatic carbocycles. The van der Waals surface area contributed by atoms with Gasteiger partial charge in [-0.25, -0.2) is 9.97 Å². The highest BCUT2D eigenvalue weighted by atomic mass is 32.1. The van der Waals surface area contributed by atoms with Gasteiger partial charge in [0, 0.05) is 18.4 Å². The Labute approximate surface area is 170 Å². The number of hydrogen-bond donors (Lipinski definition) is 1. The highest BCUT2D eigenvalue weighted by molar-refractivity contribution is 7.13. The Morgan fingerprint density at radius 2 is 1.86 bits per heavy atom. The Kier molecular flexibility index (Phi) is 5.88. The lowest BCUT2D eigenvalue weighted by atomic mass is 10.1. The van der Waals surface area contributed by atoms with Gasteiger partial charge in [0.15, 0.2) is 0 Å². The van der Waals surface area contributed by atoms with Crippen molar-refractivity contribution in [2.24, 2.45) is 0 Å². The summed E-state index contributed by atoms with van der Waals surface area (Å²) in [6, 6.07) is 10.1. The van der Waals surface area contributed by atoms with E-state index in [2.05, 4.69) is 33.6 Å². The molecule has 0 unspecified atom stereocenters. The number of ether oxygens (including phenoxy) is 1. The quantitative estimate of drug-likeness (QED) is 0.608. The molecule has 1 fully saturated rings. The molecule has 1 saturated heterocycles. The topological polar surface area (TPSA) is 50.3 Å². The lowest BCUT2D eigenvalue weighted by molar-refractivity contribution is 0.238. The maximum absolute atomic E-state index is 5.87. The van der Waals surface area contributed by atoms with Gasteiger partial charge in [0.25, 0.3) is 0 Å². The van der Waals surface area contributed by atoms with Crippen LogP contribution in [0.2, 0.25) is 0 Å². The smallest absolute Gasteiger partial charge is 0.227 e. The van der Waals surface area contributed by atoms with Gasteiger partial charge in [-0.15, -0.1) is 11.3 Å². The van der Waals surface area contributed by atoms with Gasteiger partial charge in [-0.3, -0.25) is 4.90 Å². The molecule has 3 heterocycles. The molecule has 28 heavy (non-hydrogen) atoms. The summed E-state index contributed by atoms with van der Waals surface area (Å²) in [5.41, 5.74) is 4.27. The molecule has 1 aliphatic rings. The van der Waals surface area contributed by atoms with Crippen molar-refractivity contribution in [3.63, 3.8) is 0 Å². The third-order valence-electron chi connectivity index (χ3n) is 5.03. The molecule has 0 atom stereocenters. The summed E-state index contributed by atoms with van der Waals surface area (Å²) in [7, 11) is 0. The largest absolute Gasteiger partial charge is 0.492 e. The molecule has 0 aliphatic carbocycles. The van der Waals surface area contributed by atoms with E-state index in [0.717, 1.165) is 35.8 Å². The second kappa shape index (κ2) is 8.71. The van der Waals surface area contributed by atoms with E-state index < -0.39 is 0 Å². The molecule has 2 aromatic heterocycles. The van der Waals surface area contributed by atoms with Gasteiger partial charge < -0.3 is 10.1 Å². The molecule has 0 saturated carbocycles. The molecule has 1 aliphatic heterocycles. The second-order valence-corrected chi connectivity index (χ2v) is 8.12. The minimum atomic E-state index is 0.608. The van der Waals surface area contributed by atoms with Crippen molar-refractivity contribution in [3.05, 3.63) is 53.0 Å². The molecule has 3 aromatic rings. The number of benzene rings is 1. The van der Waals surface area contributed by atoms with Crippen LogP contribution in [0.15, 0.2) is 41.9 Å². The van der Waals surface area contributed by atoms with E-state index in [-0.39, 0.29) is 0 Å². The van der Waals surface area contributed by atoms with Crippen molar-refractivity contribution < 1.29 is 4.74 Å². The van der Waals surface area contributed by atoms with Crippen molar-refractivity contribution in [2.45, 2.75) is 26.7 Å². The first-order valence-electron chi connectivity index (χ1n) is 9.79. The van der Waals surface area contributed by atoms with Crippen LogP contribution in [0.1, 0.15) is 24.0 Å². The van der Waals surface area contributed by atoms with Crippen molar-refractivity contribution in [2.75, 3.05) is 31.6 Å². The molecule has 0 radical (unpaired) electrons. The normalized spacial score (nSPS) is 14.4. The summed E-state index contributed by atoms with van der Waals surface area (Å²) in [5.74, 6) is 1.50. The molecule has 146 valence electrons. The summed E-state index contributed by atoms with van der Waals surface area (Å²) in [6.07, 6.45) is 4.50. The van der Waals surface area contributed by atoms with Crippen LogP contribution in [0.25, 0.3) is 10.6 Å². The molecular formula is C22H26N4OS. The Balaban J connectivity index is 1.38. The maximum atomic E-state index is 5.87. The van der Waals surface area contributed by atoms with Gasteiger partial charge in [0.05, 0.1) is 10.6 Å². The SMILES string of the molecule is Cc1cnc(Nc2ccc(OCCN3CCCC3)cc2)nc1-c1sccc1C. The Morgan fingerprint density at radius 3 is 2.57 bits per heavy atom. The lowest BCUT2D eigenvalue weighted by Crippen LogP contribution is -2.25. The highest BCUT2D eigenvalue weighted by Crippen LogP contribution is 2.30. The average Bonchev–Trinajstić information content (AvgIpc) is 3.36. The van der Waals surface area contributed by atoms with E-state index in [4.69, 9.17) is 9.72 Å². The third kappa shape index (κ3) is 4.51. The monoisotopic (exact) mass is 394 g/mol. The Hall–Kier alpha value is -2.44. The first kappa shape index (κ1) is 18.9. The predicted molar refractivity (Wildman–Crippen MR) is 116 cm³/mol. The number of hydrogen-bond acceptors (Lipinski definition) is 6. The van der Waals surface area contributed by atoms with Crippen LogP contribution in [0.5, 0.6) is 5.75 Å². The van der Waals surface area contributed by atoms with Crippen molar-refractivity contribution >= 4 is 23.0 Å². The standard InChI is InChI=1S/C22H26N4OS/c1-16-9-14-28-21(16)20-17(2)15-23-22(25-20)24-18-5-7-19(8-6-18)27-13-12-26-10-3-4-11-26/h5-9,14-15H,3-4,10-13H2,1-2H3,(H,23,24,25). The number of thiophene rings is 1. The van der Waals surface area contributed by atoms with Crippen molar-refractivity contribution in [1.82, 2.24) is 14.9 Å². The zero-order chi connectivity index (χ0) is 19.3. The summed E-state index contributed by atoms with van der Waals surface area (Å²) in [5, 5.41) is 5.40. The van der Waals surface area contributed by atoms with Crippen LogP contribution in [-0.4, -0.2) is 41.1 Å². The van der Waals surface area contributed by atoms with E-state index in [1.165, 1.54) is 36.4 Å². The van der Waals surface area contributed by atoms with Crippen LogP contribution in [0, 0.1) is 13.8 Å². The lowest BCUT2D eigenvalue weighted by Gasteiger charge is -2.15. The minimum Gasteiger partial charge on any atom is -0.492 e. The molecule has 0 amide bonds. The van der Waals surface area contributed by atoms with Crippen LogP contribution >= 0.6 is 11.3 Å². The van der Waals surface area contributed by atoms with Crippen molar-refractivity contribution in [1.29, 1.82) is 0 Å². The Morgan fingerprint density at radius 1 is 1.07 bits per heavy atom. The van der Waals surface area contributed by atoms with Crippen LogP contribution in [0.4, 0.5) is 11.6 Å². The van der Waals surface area contributed by atoms with Crippen LogP contribution in [0.3, 0.4) is 0 Å². The van der Waals surface area contributed by atoms with Gasteiger partial charge in [-0.2, -0.15) is 0 Å². The van der Waals surface area contributed by atoms with Crippen molar-refractivity contribution in [3.8, 4) is 16.3 Å². The van der Waals surface area contributed by atoms with E-state index >= 15 is 0 Å². The molecule has 0 bridgehead atoms. The fraction of sp³-hybridized carbons (Fsp3) is 0.364. The fourth-order valence-corrected chi connectivity index (χ4v) is 4.39. The van der Waals surface area contributed by atoms with E-state index in [1.807, 2.05) is 37.4 Å². The number of nitrogens with zero attached hydrogens (tertiary/aromatic N) is 3. The third-order valence-corrected chi connectivity index (χ3v) is 6.06. The van der Waals surface area contributed by atoms with Gasteiger partial charge in [-0.05, 0) is 86.6 Å². The van der Waals surface area contributed by atoms with E-state index in [0.29, 0.717) is 5.95 Å². The number of likely N-dealkylation sites (tertiary alicyclic amines) is 1. The zero-order valence-electron chi connectivity index (χ0n) is 16.4. The predicted octanol–water partition coefficient (Wildman–Crippen LogP) is 5.04. The molecule has 4 rings (SSSR count). The fourth-order valence-electron chi connectivity index (χ4n) is 3.41.